The lowest BCUT2D eigenvalue weighted by atomic mass is 9.80. The first-order valence-electron chi connectivity index (χ1n) is 9.42. The highest BCUT2D eigenvalue weighted by molar-refractivity contribution is 6.06. The lowest BCUT2D eigenvalue weighted by molar-refractivity contribution is 0.0546. The second-order valence-electron chi connectivity index (χ2n) is 7.21. The van der Waals surface area contributed by atoms with Crippen LogP contribution in [0.25, 0.3) is 0 Å². The summed E-state index contributed by atoms with van der Waals surface area (Å²) in [6.45, 7) is 0. The standard InChI is InChI=1S/C17H20N8O4/c1-28-15(26)12-13(16(27)29-2)25(22-19-12)17-21-20-14-9-5-3-4-6-10(9)23-8-18-7-11(23)24(14)17/h7-10,14,20H,3-6H2,1-2H3. The smallest absolute Gasteiger partial charge is 0.361 e. The number of nitrogens with zero attached hydrogens (tertiary/aromatic N) is 7. The molecule has 12 nitrogen and oxygen atoms in total. The first-order valence-corrected chi connectivity index (χ1v) is 9.42. The molecule has 1 fully saturated rings. The minimum absolute atomic E-state index is 0.101. The lowest BCUT2D eigenvalue weighted by Gasteiger charge is -2.45. The Kier molecular flexibility index (Phi) is 4.00. The molecule has 5 rings (SSSR count). The van der Waals surface area contributed by atoms with Gasteiger partial charge in [-0.15, -0.1) is 10.2 Å². The van der Waals surface area contributed by atoms with Crippen LogP contribution in [-0.4, -0.2) is 62.8 Å². The third-order valence-electron chi connectivity index (χ3n) is 5.84. The number of fused-ring (bicyclic) bond motifs is 6. The molecular formula is C17H20N8O4. The van der Waals surface area contributed by atoms with Gasteiger partial charge in [0, 0.05) is 12.0 Å². The van der Waals surface area contributed by atoms with E-state index in [1.165, 1.54) is 25.3 Å². The fraction of sp³-hybridized carbons (Fsp3) is 0.529. The number of ether oxygens (including phenoxy) is 2. The zero-order valence-electron chi connectivity index (χ0n) is 16.0. The Morgan fingerprint density at radius 1 is 1.17 bits per heavy atom. The minimum atomic E-state index is -0.782. The SMILES string of the molecule is COC(=O)c1nnn(C2=NNC3C4CCCCC4n4cncc4N23)c1C(=O)OC. The summed E-state index contributed by atoms with van der Waals surface area (Å²) in [6.07, 6.45) is 7.94. The third-order valence-corrected chi connectivity index (χ3v) is 5.84. The summed E-state index contributed by atoms with van der Waals surface area (Å²) in [5.41, 5.74) is 2.82. The summed E-state index contributed by atoms with van der Waals surface area (Å²) in [4.78, 5) is 30.8. The van der Waals surface area contributed by atoms with Crippen molar-refractivity contribution in [2.24, 2.45) is 11.0 Å². The number of esters is 2. The van der Waals surface area contributed by atoms with Crippen LogP contribution < -0.4 is 10.3 Å². The quantitative estimate of drug-likeness (QED) is 0.710. The van der Waals surface area contributed by atoms with E-state index in [9.17, 15) is 9.59 Å². The van der Waals surface area contributed by atoms with Gasteiger partial charge in [-0.3, -0.25) is 10.3 Å². The highest BCUT2D eigenvalue weighted by Gasteiger charge is 2.48. The molecule has 2 aromatic rings. The molecule has 4 heterocycles. The Bertz CT molecular complexity index is 1010. The molecule has 3 unspecified atom stereocenters. The predicted octanol–water partition coefficient (Wildman–Crippen LogP) is 0.348. The molecule has 0 aromatic carbocycles. The third kappa shape index (κ3) is 2.44. The number of aromatic nitrogens is 5. The minimum Gasteiger partial charge on any atom is -0.464 e. The summed E-state index contributed by atoms with van der Waals surface area (Å²) in [5.74, 6) is -0.0630. The van der Waals surface area contributed by atoms with E-state index < -0.39 is 11.9 Å². The van der Waals surface area contributed by atoms with Crippen molar-refractivity contribution in [2.45, 2.75) is 37.9 Å². The molecule has 152 valence electrons. The van der Waals surface area contributed by atoms with E-state index in [0.29, 0.717) is 17.9 Å². The van der Waals surface area contributed by atoms with E-state index in [4.69, 9.17) is 9.47 Å². The number of methoxy groups -OCH3 is 2. The first-order chi connectivity index (χ1) is 14.2. The average molecular weight is 400 g/mol. The second-order valence-corrected chi connectivity index (χ2v) is 7.21. The number of carbonyl (C=O) groups excluding carboxylic acids is 2. The van der Waals surface area contributed by atoms with Crippen molar-refractivity contribution >= 4 is 23.7 Å². The van der Waals surface area contributed by atoms with Gasteiger partial charge < -0.3 is 14.0 Å². The van der Waals surface area contributed by atoms with Gasteiger partial charge in [0.1, 0.15) is 12.0 Å². The van der Waals surface area contributed by atoms with Crippen molar-refractivity contribution in [1.29, 1.82) is 0 Å². The molecule has 29 heavy (non-hydrogen) atoms. The molecule has 3 atom stereocenters. The van der Waals surface area contributed by atoms with Crippen LogP contribution in [0.2, 0.25) is 0 Å². The Morgan fingerprint density at radius 3 is 2.76 bits per heavy atom. The topological polar surface area (TPSA) is 129 Å². The predicted molar refractivity (Wildman–Crippen MR) is 98.2 cm³/mol. The molecule has 1 saturated carbocycles. The van der Waals surface area contributed by atoms with Crippen molar-refractivity contribution in [3.8, 4) is 0 Å². The molecule has 1 aliphatic carbocycles. The molecule has 0 saturated heterocycles. The van der Waals surface area contributed by atoms with Crippen LogP contribution in [0.3, 0.4) is 0 Å². The van der Waals surface area contributed by atoms with Gasteiger partial charge in [-0.2, -0.15) is 4.68 Å². The Labute approximate surface area is 165 Å². The van der Waals surface area contributed by atoms with E-state index in [2.05, 4.69) is 30.4 Å². The average Bonchev–Trinajstić information content (AvgIpc) is 3.49. The molecular weight excluding hydrogens is 380 g/mol. The van der Waals surface area contributed by atoms with E-state index in [-0.39, 0.29) is 17.6 Å². The zero-order valence-corrected chi connectivity index (χ0v) is 16.0. The van der Waals surface area contributed by atoms with Crippen LogP contribution in [0.5, 0.6) is 0 Å². The first kappa shape index (κ1) is 17.6. The van der Waals surface area contributed by atoms with Crippen LogP contribution in [0.4, 0.5) is 5.82 Å². The lowest BCUT2D eigenvalue weighted by Crippen LogP contribution is -2.55. The maximum atomic E-state index is 12.4. The molecule has 12 heteroatoms. The molecule has 3 aliphatic rings. The molecule has 2 aliphatic heterocycles. The largest absolute Gasteiger partial charge is 0.464 e. The number of hydrogen-bond donors (Lipinski definition) is 1. The fourth-order valence-corrected chi connectivity index (χ4v) is 4.57. The summed E-state index contributed by atoms with van der Waals surface area (Å²) >= 11 is 0. The number of hydrazone groups is 1. The van der Waals surface area contributed by atoms with Crippen molar-refractivity contribution in [2.75, 3.05) is 19.1 Å². The van der Waals surface area contributed by atoms with Crippen molar-refractivity contribution < 1.29 is 19.1 Å². The second kappa shape index (κ2) is 6.57. The summed E-state index contributed by atoms with van der Waals surface area (Å²) in [7, 11) is 2.43. The number of carbonyl (C=O) groups is 2. The number of rotatable bonds is 2. The van der Waals surface area contributed by atoms with Gasteiger partial charge in [0.15, 0.2) is 5.69 Å². The normalized spacial score (nSPS) is 24.7. The summed E-state index contributed by atoms with van der Waals surface area (Å²) in [6, 6.07) is 0.339. The van der Waals surface area contributed by atoms with Gasteiger partial charge in [-0.05, 0) is 12.8 Å². The van der Waals surface area contributed by atoms with Gasteiger partial charge in [0.25, 0.3) is 5.96 Å². The Hall–Kier alpha value is -3.44. The van der Waals surface area contributed by atoms with E-state index >= 15 is 0 Å². The molecule has 0 bridgehead atoms. The van der Waals surface area contributed by atoms with Crippen LogP contribution in [0.15, 0.2) is 17.6 Å². The summed E-state index contributed by atoms with van der Waals surface area (Å²) < 4.78 is 12.9. The molecule has 1 N–H and O–H groups in total. The fourth-order valence-electron chi connectivity index (χ4n) is 4.57. The van der Waals surface area contributed by atoms with Crippen LogP contribution in [0.1, 0.15) is 52.7 Å². The number of nitrogens with one attached hydrogen (secondary N) is 1. The highest BCUT2D eigenvalue weighted by atomic mass is 16.5. The zero-order chi connectivity index (χ0) is 20.1. The molecule has 2 aromatic heterocycles. The summed E-state index contributed by atoms with van der Waals surface area (Å²) in [5, 5.41) is 12.3. The van der Waals surface area contributed by atoms with Crippen molar-refractivity contribution in [3.05, 3.63) is 23.9 Å². The van der Waals surface area contributed by atoms with Crippen LogP contribution in [0, 0.1) is 5.92 Å². The maximum Gasteiger partial charge on any atom is 0.361 e. The van der Waals surface area contributed by atoms with Crippen molar-refractivity contribution in [3.63, 3.8) is 0 Å². The number of hydrogen-bond acceptors (Lipinski definition) is 10. The van der Waals surface area contributed by atoms with E-state index in [1.54, 1.807) is 6.20 Å². The van der Waals surface area contributed by atoms with Gasteiger partial charge in [0.2, 0.25) is 5.69 Å². The van der Waals surface area contributed by atoms with Gasteiger partial charge >= 0.3 is 11.9 Å². The Morgan fingerprint density at radius 2 is 1.97 bits per heavy atom. The van der Waals surface area contributed by atoms with E-state index in [1.807, 2.05) is 11.2 Å². The van der Waals surface area contributed by atoms with Gasteiger partial charge in [0.05, 0.1) is 26.7 Å². The molecule has 0 radical (unpaired) electrons. The van der Waals surface area contributed by atoms with Gasteiger partial charge in [-0.1, -0.05) is 18.1 Å². The molecule has 0 spiro atoms. The maximum absolute atomic E-state index is 12.4. The van der Waals surface area contributed by atoms with Gasteiger partial charge in [-0.25, -0.2) is 14.6 Å². The number of anilines is 1. The molecule has 0 amide bonds. The Balaban J connectivity index is 1.62. The number of imidazole rings is 1. The van der Waals surface area contributed by atoms with Crippen molar-refractivity contribution in [1.82, 2.24) is 30.0 Å². The van der Waals surface area contributed by atoms with Crippen LogP contribution >= 0.6 is 0 Å². The highest BCUT2D eigenvalue weighted by Crippen LogP contribution is 2.45. The van der Waals surface area contributed by atoms with Crippen LogP contribution in [-0.2, 0) is 9.47 Å². The monoisotopic (exact) mass is 400 g/mol. The van der Waals surface area contributed by atoms with E-state index in [0.717, 1.165) is 25.1 Å².